The highest BCUT2D eigenvalue weighted by molar-refractivity contribution is 8.13. The van der Waals surface area contributed by atoms with Crippen LogP contribution in [0.15, 0.2) is 75.2 Å². The minimum absolute atomic E-state index is 0.264. The van der Waals surface area contributed by atoms with E-state index < -0.39 is 17.9 Å². The summed E-state index contributed by atoms with van der Waals surface area (Å²) in [6.07, 6.45) is -5.24. The first-order valence-electron chi connectivity index (χ1n) is 10.1. The van der Waals surface area contributed by atoms with Crippen molar-refractivity contribution < 1.29 is 22.4 Å². The summed E-state index contributed by atoms with van der Waals surface area (Å²) in [6.45, 7) is 1.94. The van der Waals surface area contributed by atoms with Crippen LogP contribution in [0.25, 0.3) is 17.0 Å². The maximum atomic E-state index is 13.1. The Kier molecular flexibility index (Phi) is 5.24. The second-order valence-electron chi connectivity index (χ2n) is 7.29. The highest BCUT2D eigenvalue weighted by atomic mass is 32.2. The fraction of sp³-hybridized carbons (Fsp3) is 0.174. The molecule has 1 N–H and O–H groups in total. The molecule has 3 aromatic rings. The molecule has 1 aromatic heterocycles. The van der Waals surface area contributed by atoms with Crippen molar-refractivity contribution in [1.29, 1.82) is 0 Å². The van der Waals surface area contributed by atoms with Crippen LogP contribution < -0.4 is 15.9 Å². The van der Waals surface area contributed by atoms with Gasteiger partial charge in [-0.25, -0.2) is 10.0 Å². The molecule has 0 fully saturated rings. The van der Waals surface area contributed by atoms with Crippen LogP contribution in [0, 0.1) is 0 Å². The first kappa shape index (κ1) is 21.3. The quantitative estimate of drug-likeness (QED) is 0.631. The average Bonchev–Trinajstić information content (AvgIpc) is 3.28. The highest BCUT2D eigenvalue weighted by Gasteiger charge is 2.36. The fourth-order valence-electron chi connectivity index (χ4n) is 3.71. The molecular weight excluding hydrogens is 453 g/mol. The third kappa shape index (κ3) is 3.91. The molecule has 5 rings (SSSR count). The van der Waals surface area contributed by atoms with Gasteiger partial charge in [0.25, 0.3) is 5.91 Å². The number of furan rings is 1. The largest absolute Gasteiger partial charge is 0.457 e. The molecular formula is C23H17F3N4O2S. The highest BCUT2D eigenvalue weighted by Crippen LogP contribution is 2.36. The molecule has 6 nitrogen and oxygen atoms in total. The molecule has 0 aliphatic carbocycles. The van der Waals surface area contributed by atoms with E-state index in [0.29, 0.717) is 38.5 Å². The van der Waals surface area contributed by atoms with Crippen LogP contribution in [0.4, 0.5) is 13.2 Å². The molecule has 0 unspecified atom stereocenters. The molecule has 2 aliphatic heterocycles. The lowest BCUT2D eigenvalue weighted by Crippen LogP contribution is -2.50. The Morgan fingerprint density at radius 1 is 1.12 bits per heavy atom. The van der Waals surface area contributed by atoms with E-state index in [4.69, 9.17) is 9.41 Å². The second kappa shape index (κ2) is 8.11. The normalized spacial score (nSPS) is 17.6. The number of amides is 1. The van der Waals surface area contributed by atoms with Crippen molar-refractivity contribution >= 4 is 28.5 Å². The van der Waals surface area contributed by atoms with E-state index in [1.165, 1.54) is 22.8 Å². The van der Waals surface area contributed by atoms with Gasteiger partial charge in [-0.15, -0.1) is 5.10 Å². The minimum atomic E-state index is -4.46. The number of carbonyl (C=O) groups is 1. The molecule has 1 amide bonds. The molecule has 0 saturated heterocycles. The molecule has 0 radical (unpaired) electrons. The molecule has 1 atom stereocenters. The predicted octanol–water partition coefficient (Wildman–Crippen LogP) is 3.86. The molecule has 2 aliphatic rings. The number of thioether (sulfide) groups is 1. The van der Waals surface area contributed by atoms with Gasteiger partial charge in [-0.05, 0) is 36.1 Å². The summed E-state index contributed by atoms with van der Waals surface area (Å²) in [5.41, 5.74) is -0.134. The van der Waals surface area contributed by atoms with Gasteiger partial charge in [-0.1, -0.05) is 49.0 Å². The van der Waals surface area contributed by atoms with Crippen molar-refractivity contribution in [3.8, 4) is 11.3 Å². The average molecular weight is 470 g/mol. The van der Waals surface area contributed by atoms with Crippen LogP contribution in [0.2, 0.25) is 0 Å². The Morgan fingerprint density at radius 3 is 2.73 bits per heavy atom. The number of benzene rings is 2. The first-order chi connectivity index (χ1) is 15.8. The lowest BCUT2D eigenvalue weighted by atomic mass is 10.1. The molecule has 3 heterocycles. The third-order valence-electron chi connectivity index (χ3n) is 5.15. The zero-order chi connectivity index (χ0) is 23.2. The lowest BCUT2D eigenvalue weighted by molar-refractivity contribution is -0.137. The Balaban J connectivity index is 1.60. The van der Waals surface area contributed by atoms with Crippen molar-refractivity contribution in [2.45, 2.75) is 19.3 Å². The monoisotopic (exact) mass is 470 g/mol. The number of halogens is 3. The van der Waals surface area contributed by atoms with Gasteiger partial charge in [-0.2, -0.15) is 13.2 Å². The van der Waals surface area contributed by atoms with E-state index in [-0.39, 0.29) is 11.7 Å². The van der Waals surface area contributed by atoms with Crippen molar-refractivity contribution in [2.24, 2.45) is 10.1 Å². The summed E-state index contributed by atoms with van der Waals surface area (Å²) in [5.74, 6) is 1.02. The Bertz CT molecular complexity index is 1400. The zero-order valence-corrected chi connectivity index (χ0v) is 18.1. The van der Waals surface area contributed by atoms with E-state index in [1.54, 1.807) is 30.3 Å². The molecule has 0 saturated carbocycles. The van der Waals surface area contributed by atoms with Crippen LogP contribution in [-0.2, 0) is 11.0 Å². The summed E-state index contributed by atoms with van der Waals surface area (Å²) >= 11 is 1.38. The number of fused-ring (bicyclic) bond motifs is 2. The Morgan fingerprint density at radius 2 is 1.94 bits per heavy atom. The third-order valence-corrected chi connectivity index (χ3v) is 5.90. The van der Waals surface area contributed by atoms with Crippen LogP contribution in [0.3, 0.4) is 0 Å². The topological polar surface area (TPSA) is 70.2 Å². The number of carbonyl (C=O) groups excluding carboxylic acids is 1. The zero-order valence-electron chi connectivity index (χ0n) is 17.3. The summed E-state index contributed by atoms with van der Waals surface area (Å²) in [6, 6.07) is 15.4. The van der Waals surface area contributed by atoms with Crippen molar-refractivity contribution in [3.63, 3.8) is 0 Å². The van der Waals surface area contributed by atoms with Crippen LogP contribution in [-0.4, -0.2) is 21.8 Å². The Labute approximate surface area is 190 Å². The van der Waals surface area contributed by atoms with Gasteiger partial charge in [0, 0.05) is 10.8 Å². The van der Waals surface area contributed by atoms with E-state index in [1.807, 2.05) is 19.1 Å². The van der Waals surface area contributed by atoms with Gasteiger partial charge >= 0.3 is 6.18 Å². The fourth-order valence-corrected chi connectivity index (χ4v) is 4.29. The maximum absolute atomic E-state index is 13.1. The number of para-hydroxylation sites is 1. The molecule has 168 valence electrons. The van der Waals surface area contributed by atoms with Gasteiger partial charge in [0.2, 0.25) is 6.17 Å². The first-order valence-corrected chi connectivity index (χ1v) is 11.1. The number of nitrogens with zero attached hydrogens (tertiary/aromatic N) is 3. The summed E-state index contributed by atoms with van der Waals surface area (Å²) in [4.78, 5) is 17.7. The van der Waals surface area contributed by atoms with Crippen molar-refractivity contribution in [1.82, 2.24) is 10.3 Å². The van der Waals surface area contributed by atoms with Crippen molar-refractivity contribution in [3.05, 3.63) is 82.6 Å². The minimum Gasteiger partial charge on any atom is -0.457 e. The van der Waals surface area contributed by atoms with Gasteiger partial charge in [-0.3, -0.25) is 10.1 Å². The summed E-state index contributed by atoms with van der Waals surface area (Å²) in [5, 5.41) is 10.6. The van der Waals surface area contributed by atoms with Gasteiger partial charge in [0.1, 0.15) is 11.5 Å². The van der Waals surface area contributed by atoms with E-state index >= 15 is 0 Å². The summed E-state index contributed by atoms with van der Waals surface area (Å²) < 4.78 is 45.3. The lowest BCUT2D eigenvalue weighted by Gasteiger charge is -2.32. The smallest absolute Gasteiger partial charge is 0.416 e. The SMILES string of the molecule is CCSC1=NN2C(=c3ccccc3=N[C@@H]2c2ccc(-c3cccc(C(F)(F)F)c3)o2)C(=O)N1. The van der Waals surface area contributed by atoms with E-state index in [2.05, 4.69) is 10.4 Å². The molecule has 0 spiro atoms. The van der Waals surface area contributed by atoms with Gasteiger partial charge in [0.05, 0.1) is 10.9 Å². The van der Waals surface area contributed by atoms with Crippen LogP contribution in [0.1, 0.15) is 24.4 Å². The molecule has 0 bridgehead atoms. The molecule has 33 heavy (non-hydrogen) atoms. The molecule has 10 heteroatoms. The standard InChI is InChI=1S/C23H17F3N4O2S/c1-2-33-22-28-21(31)19-15-8-3-4-9-16(15)27-20(30(19)29-22)18-11-10-17(32-18)13-6-5-7-14(12-13)23(24,25)26/h3-12,20H,2H2,1H3,(H,28,29,31)/t20-/m0/s1. The second-order valence-corrected chi connectivity index (χ2v) is 8.54. The predicted molar refractivity (Wildman–Crippen MR) is 118 cm³/mol. The number of hydrogen-bond donors (Lipinski definition) is 1. The van der Waals surface area contributed by atoms with Crippen molar-refractivity contribution in [2.75, 3.05) is 5.75 Å². The molecule has 2 aromatic carbocycles. The Hall–Kier alpha value is -3.53. The number of hydrogen-bond acceptors (Lipinski definition) is 6. The number of hydrazone groups is 1. The number of amidine groups is 1. The number of rotatable bonds is 3. The maximum Gasteiger partial charge on any atom is 0.416 e. The number of alkyl halides is 3. The van der Waals surface area contributed by atoms with E-state index in [9.17, 15) is 18.0 Å². The summed E-state index contributed by atoms with van der Waals surface area (Å²) in [7, 11) is 0. The number of nitrogens with one attached hydrogen (secondary N) is 1. The van der Waals surface area contributed by atoms with Crippen LogP contribution >= 0.6 is 11.8 Å². The van der Waals surface area contributed by atoms with Gasteiger partial charge in [0.15, 0.2) is 10.9 Å². The van der Waals surface area contributed by atoms with E-state index in [0.717, 1.165) is 12.1 Å². The van der Waals surface area contributed by atoms with Gasteiger partial charge < -0.3 is 4.42 Å². The van der Waals surface area contributed by atoms with Crippen LogP contribution in [0.5, 0.6) is 0 Å².